The maximum absolute atomic E-state index is 6.16. The number of aryl methyl sites for hydroxylation is 1. The van der Waals surface area contributed by atoms with Crippen LogP contribution in [-0.2, 0) is 16.9 Å². The summed E-state index contributed by atoms with van der Waals surface area (Å²) in [5.41, 5.74) is 1.09. The number of ether oxygens (including phenoxy) is 1. The van der Waals surface area contributed by atoms with E-state index >= 15 is 0 Å². The lowest BCUT2D eigenvalue weighted by molar-refractivity contribution is 0.0830. The molecule has 0 saturated carbocycles. The van der Waals surface area contributed by atoms with E-state index in [-0.39, 0.29) is 0 Å². The van der Waals surface area contributed by atoms with E-state index in [0.717, 1.165) is 61.3 Å². The van der Waals surface area contributed by atoms with Crippen LogP contribution in [0, 0.1) is 0 Å². The molecule has 8 heteroatoms. The maximum Gasteiger partial charge on any atom is 0.210 e. The van der Waals surface area contributed by atoms with Crippen molar-refractivity contribution in [3.63, 3.8) is 0 Å². The van der Waals surface area contributed by atoms with Crippen molar-refractivity contribution in [2.45, 2.75) is 49.4 Å². The van der Waals surface area contributed by atoms with Crippen LogP contribution < -0.4 is 5.84 Å². The lowest BCUT2D eigenvalue weighted by atomic mass is 10.00. The molecule has 6 nitrogen and oxygen atoms in total. The molecule has 2 aromatic rings. The lowest BCUT2D eigenvalue weighted by Crippen LogP contribution is -2.22. The largest absolute Gasteiger partial charge is 0.381 e. The van der Waals surface area contributed by atoms with Gasteiger partial charge in [0.2, 0.25) is 5.16 Å². The fraction of sp³-hybridized carbons (Fsp3) is 0.643. The highest BCUT2D eigenvalue weighted by molar-refractivity contribution is 7.98. The highest BCUT2D eigenvalue weighted by Gasteiger charge is 2.23. The van der Waals surface area contributed by atoms with Crippen molar-refractivity contribution in [2.24, 2.45) is 0 Å². The first-order chi connectivity index (χ1) is 10.8. The van der Waals surface area contributed by atoms with Crippen LogP contribution in [0.1, 0.15) is 48.6 Å². The molecule has 1 fully saturated rings. The average molecular weight is 339 g/mol. The van der Waals surface area contributed by atoms with E-state index in [1.807, 2.05) is 0 Å². The molecule has 3 heterocycles. The van der Waals surface area contributed by atoms with Crippen LogP contribution in [0.4, 0.5) is 0 Å². The van der Waals surface area contributed by atoms with Gasteiger partial charge in [-0.15, -0.1) is 21.5 Å². The molecule has 2 N–H and O–H groups in total. The zero-order valence-corrected chi connectivity index (χ0v) is 14.3. The van der Waals surface area contributed by atoms with Crippen molar-refractivity contribution in [2.75, 3.05) is 19.1 Å². The van der Waals surface area contributed by atoms with Crippen molar-refractivity contribution < 1.29 is 4.74 Å². The predicted octanol–water partition coefficient (Wildman–Crippen LogP) is 2.59. The number of hydrogen-bond donors (Lipinski definition) is 1. The molecule has 0 bridgehead atoms. The first-order valence-electron chi connectivity index (χ1n) is 7.62. The van der Waals surface area contributed by atoms with E-state index in [1.165, 1.54) is 5.01 Å². The number of rotatable bonds is 6. The van der Waals surface area contributed by atoms with Crippen LogP contribution in [0.2, 0.25) is 0 Å². The zero-order valence-electron chi connectivity index (χ0n) is 12.7. The van der Waals surface area contributed by atoms with Gasteiger partial charge in [0.25, 0.3) is 0 Å². The topological polar surface area (TPSA) is 78.9 Å². The van der Waals surface area contributed by atoms with Crippen LogP contribution in [-0.4, -0.2) is 33.1 Å². The summed E-state index contributed by atoms with van der Waals surface area (Å²) in [6.45, 7) is 3.72. The third-order valence-electron chi connectivity index (χ3n) is 3.69. The van der Waals surface area contributed by atoms with Crippen LogP contribution in [0.25, 0.3) is 0 Å². The van der Waals surface area contributed by atoms with E-state index < -0.39 is 0 Å². The highest BCUT2D eigenvalue weighted by Crippen LogP contribution is 2.28. The molecule has 3 rings (SSSR count). The minimum Gasteiger partial charge on any atom is -0.381 e. The van der Waals surface area contributed by atoms with Gasteiger partial charge < -0.3 is 10.6 Å². The quantitative estimate of drug-likeness (QED) is 0.644. The van der Waals surface area contributed by atoms with E-state index in [0.29, 0.717) is 5.92 Å². The molecule has 1 aliphatic heterocycles. The van der Waals surface area contributed by atoms with Gasteiger partial charge >= 0.3 is 0 Å². The number of thioether (sulfide) groups is 1. The number of nitrogens with two attached hydrogens (primary N) is 1. The van der Waals surface area contributed by atoms with Crippen molar-refractivity contribution >= 4 is 23.1 Å². The Bertz CT molecular complexity index is 606. The van der Waals surface area contributed by atoms with E-state index in [9.17, 15) is 0 Å². The summed E-state index contributed by atoms with van der Waals surface area (Å²) in [7, 11) is 0. The molecule has 22 heavy (non-hydrogen) atoms. The van der Waals surface area contributed by atoms with Gasteiger partial charge in [0.1, 0.15) is 0 Å². The SMILES string of the molecule is CCCc1nc(CSc2nnc(C3CCOCC3)n2N)cs1. The molecule has 0 atom stereocenters. The summed E-state index contributed by atoms with van der Waals surface area (Å²) in [5, 5.41) is 12.6. The van der Waals surface area contributed by atoms with Gasteiger partial charge in [-0.3, -0.25) is 0 Å². The fourth-order valence-electron chi connectivity index (χ4n) is 2.50. The minimum absolute atomic E-state index is 0.357. The number of hydrogen-bond acceptors (Lipinski definition) is 7. The summed E-state index contributed by atoms with van der Waals surface area (Å²) in [6.07, 6.45) is 4.11. The Morgan fingerprint density at radius 2 is 2.23 bits per heavy atom. The minimum atomic E-state index is 0.357. The first kappa shape index (κ1) is 15.8. The molecule has 0 amide bonds. The summed E-state index contributed by atoms with van der Waals surface area (Å²) < 4.78 is 7.02. The van der Waals surface area contributed by atoms with E-state index in [1.54, 1.807) is 27.8 Å². The van der Waals surface area contributed by atoms with Crippen LogP contribution in [0.3, 0.4) is 0 Å². The number of aromatic nitrogens is 4. The van der Waals surface area contributed by atoms with E-state index in [4.69, 9.17) is 10.6 Å². The molecule has 0 aromatic carbocycles. The predicted molar refractivity (Wildman–Crippen MR) is 88.6 cm³/mol. The van der Waals surface area contributed by atoms with Crippen molar-refractivity contribution in [1.82, 2.24) is 19.9 Å². The molecule has 0 aliphatic carbocycles. The van der Waals surface area contributed by atoms with E-state index in [2.05, 4.69) is 27.5 Å². The molecular weight excluding hydrogens is 318 g/mol. The first-order valence-corrected chi connectivity index (χ1v) is 9.48. The molecule has 120 valence electrons. The van der Waals surface area contributed by atoms with Crippen LogP contribution in [0.5, 0.6) is 0 Å². The van der Waals surface area contributed by atoms with Crippen LogP contribution >= 0.6 is 23.1 Å². The van der Waals surface area contributed by atoms with Gasteiger partial charge in [0.05, 0.1) is 10.7 Å². The van der Waals surface area contributed by atoms with Crippen molar-refractivity contribution in [3.8, 4) is 0 Å². The molecular formula is C14H21N5OS2. The Morgan fingerprint density at radius 3 is 3.00 bits per heavy atom. The summed E-state index contributed by atoms with van der Waals surface area (Å²) in [4.78, 5) is 4.62. The molecule has 2 aromatic heterocycles. The Kier molecular flexibility index (Phi) is 5.32. The second kappa shape index (κ2) is 7.43. The Labute approximate surface area is 138 Å². The number of thiazole rings is 1. The van der Waals surface area contributed by atoms with Gasteiger partial charge in [0.15, 0.2) is 5.82 Å². The monoisotopic (exact) mass is 339 g/mol. The van der Waals surface area contributed by atoms with Crippen molar-refractivity contribution in [1.29, 1.82) is 0 Å². The summed E-state index contributed by atoms with van der Waals surface area (Å²) in [6, 6.07) is 0. The second-order valence-electron chi connectivity index (χ2n) is 5.37. The molecule has 0 unspecified atom stereocenters. The van der Waals surface area contributed by atoms with Crippen molar-refractivity contribution in [3.05, 3.63) is 21.9 Å². The third-order valence-corrected chi connectivity index (χ3v) is 5.62. The smallest absolute Gasteiger partial charge is 0.210 e. The highest BCUT2D eigenvalue weighted by atomic mass is 32.2. The summed E-state index contributed by atoms with van der Waals surface area (Å²) in [5.74, 6) is 8.17. The van der Waals surface area contributed by atoms with Gasteiger partial charge in [-0.2, -0.15) is 0 Å². The molecule has 1 aliphatic rings. The fourth-order valence-corrected chi connectivity index (χ4v) is 4.26. The third kappa shape index (κ3) is 3.61. The Balaban J connectivity index is 1.61. The number of nitrogens with zero attached hydrogens (tertiary/aromatic N) is 4. The van der Waals surface area contributed by atoms with Gasteiger partial charge in [-0.05, 0) is 25.7 Å². The number of nitrogen functional groups attached to an aromatic ring is 1. The zero-order chi connectivity index (χ0) is 15.4. The van der Waals surface area contributed by atoms with Gasteiger partial charge in [-0.1, -0.05) is 18.7 Å². The van der Waals surface area contributed by atoms with Gasteiger partial charge in [-0.25, -0.2) is 9.66 Å². The Morgan fingerprint density at radius 1 is 1.41 bits per heavy atom. The average Bonchev–Trinajstić information content (AvgIpc) is 3.13. The lowest BCUT2D eigenvalue weighted by Gasteiger charge is -2.20. The summed E-state index contributed by atoms with van der Waals surface area (Å²) >= 11 is 3.32. The second-order valence-corrected chi connectivity index (χ2v) is 7.25. The molecule has 1 saturated heterocycles. The normalized spacial score (nSPS) is 16.2. The molecule has 0 spiro atoms. The maximum atomic E-state index is 6.16. The Hall–Kier alpha value is -1.12. The van der Waals surface area contributed by atoms with Crippen LogP contribution in [0.15, 0.2) is 10.5 Å². The van der Waals surface area contributed by atoms with Gasteiger partial charge in [0, 0.05) is 30.3 Å². The standard InChI is InChI=1S/C14H21N5OS2/c1-2-3-12-16-11(8-21-12)9-22-14-18-17-13(19(14)15)10-4-6-20-7-5-10/h8,10H,2-7,9,15H2,1H3. The molecule has 0 radical (unpaired) electrons.